The number of alkyl halides is 3. The van der Waals surface area contributed by atoms with Gasteiger partial charge in [-0.15, -0.1) is 10.2 Å². The summed E-state index contributed by atoms with van der Waals surface area (Å²) in [7, 11) is 2.91. The van der Waals surface area contributed by atoms with Gasteiger partial charge in [-0.25, -0.2) is 4.98 Å². The molecular weight excluding hydrogens is 605 g/mol. The number of amides is 2. The van der Waals surface area contributed by atoms with Gasteiger partial charge in [0.25, 0.3) is 5.91 Å². The molecule has 0 bridgehead atoms. The van der Waals surface area contributed by atoms with Gasteiger partial charge in [0, 0.05) is 5.56 Å². The number of ether oxygens (including phenoxy) is 2. The van der Waals surface area contributed by atoms with Crippen LogP contribution < -0.4 is 20.1 Å². The van der Waals surface area contributed by atoms with Gasteiger partial charge in [-0.05, 0) is 48.5 Å². The molecule has 0 aliphatic heterocycles. The number of rotatable bonds is 10. The van der Waals surface area contributed by atoms with E-state index < -0.39 is 17.6 Å². The second-order valence-electron chi connectivity index (χ2n) is 8.86. The van der Waals surface area contributed by atoms with E-state index in [-0.39, 0.29) is 40.4 Å². The number of thioether (sulfide) groups is 1. The quantitative estimate of drug-likeness (QED) is 0.193. The minimum absolute atomic E-state index is 0.115. The van der Waals surface area contributed by atoms with Gasteiger partial charge in [0.1, 0.15) is 0 Å². The lowest BCUT2D eigenvalue weighted by Crippen LogP contribution is -2.25. The van der Waals surface area contributed by atoms with Gasteiger partial charge < -0.3 is 20.1 Å². The molecule has 43 heavy (non-hydrogen) atoms. The Morgan fingerprint density at radius 2 is 1.77 bits per heavy atom. The van der Waals surface area contributed by atoms with Crippen molar-refractivity contribution in [1.82, 2.24) is 25.1 Å². The highest BCUT2D eigenvalue weighted by Crippen LogP contribution is 2.32. The van der Waals surface area contributed by atoms with Crippen LogP contribution in [0.3, 0.4) is 0 Å². The Balaban J connectivity index is 1.36. The maximum absolute atomic E-state index is 13.5. The molecule has 2 amide bonds. The summed E-state index contributed by atoms with van der Waals surface area (Å²) in [6.45, 7) is -0.172. The van der Waals surface area contributed by atoms with E-state index in [2.05, 4.69) is 25.8 Å². The third kappa shape index (κ3) is 6.89. The summed E-state index contributed by atoms with van der Waals surface area (Å²) in [4.78, 5) is 30.0. The summed E-state index contributed by atoms with van der Waals surface area (Å²) in [5.41, 5.74) is 0.260. The average Bonchev–Trinajstić information content (AvgIpc) is 3.61. The zero-order chi connectivity index (χ0) is 30.6. The highest BCUT2D eigenvalue weighted by Gasteiger charge is 2.31. The van der Waals surface area contributed by atoms with Crippen LogP contribution in [0.4, 0.5) is 18.3 Å². The third-order valence-corrected chi connectivity index (χ3v) is 7.94. The SMILES string of the molecule is COc1ccc(C(=O)NCc2nnc(SCC(=O)Nc3nc4ccccc4s3)n2-c2cccc(C(F)(F)F)c2)cc1OC. The van der Waals surface area contributed by atoms with E-state index in [4.69, 9.17) is 9.47 Å². The van der Waals surface area contributed by atoms with Gasteiger partial charge in [0.15, 0.2) is 27.6 Å². The molecule has 0 atom stereocenters. The Morgan fingerprint density at radius 3 is 2.51 bits per heavy atom. The van der Waals surface area contributed by atoms with Crippen molar-refractivity contribution in [2.75, 3.05) is 25.3 Å². The fourth-order valence-corrected chi connectivity index (χ4v) is 5.69. The first-order chi connectivity index (χ1) is 20.7. The van der Waals surface area contributed by atoms with Gasteiger partial charge >= 0.3 is 6.18 Å². The normalized spacial score (nSPS) is 11.4. The third-order valence-electron chi connectivity index (χ3n) is 6.06. The summed E-state index contributed by atoms with van der Waals surface area (Å²) >= 11 is 2.30. The monoisotopic (exact) mass is 628 g/mol. The maximum atomic E-state index is 13.5. The van der Waals surface area contributed by atoms with Gasteiger partial charge in [-0.2, -0.15) is 13.2 Å². The number of fused-ring (bicyclic) bond motifs is 1. The lowest BCUT2D eigenvalue weighted by molar-refractivity contribution is -0.137. The van der Waals surface area contributed by atoms with Gasteiger partial charge in [0.05, 0.1) is 48.0 Å². The van der Waals surface area contributed by atoms with Gasteiger partial charge in [0.2, 0.25) is 5.91 Å². The molecule has 0 unspecified atom stereocenters. The number of benzene rings is 3. The van der Waals surface area contributed by atoms with Crippen LogP contribution in [-0.4, -0.2) is 51.5 Å². The lowest BCUT2D eigenvalue weighted by Gasteiger charge is -2.14. The van der Waals surface area contributed by atoms with E-state index in [9.17, 15) is 22.8 Å². The van der Waals surface area contributed by atoms with Crippen LogP contribution in [0.1, 0.15) is 21.7 Å². The molecule has 2 aromatic heterocycles. The molecule has 0 spiro atoms. The molecule has 10 nitrogen and oxygen atoms in total. The van der Waals surface area contributed by atoms with Crippen LogP contribution >= 0.6 is 23.1 Å². The molecule has 2 N–H and O–H groups in total. The molecule has 0 aliphatic carbocycles. The van der Waals surface area contributed by atoms with E-state index in [0.29, 0.717) is 16.6 Å². The number of methoxy groups -OCH3 is 2. The van der Waals surface area contributed by atoms with Crippen LogP contribution in [0.15, 0.2) is 71.9 Å². The first-order valence-corrected chi connectivity index (χ1v) is 14.4. The molecule has 3 aromatic carbocycles. The van der Waals surface area contributed by atoms with Crippen molar-refractivity contribution in [3.05, 3.63) is 83.7 Å². The van der Waals surface area contributed by atoms with Crippen LogP contribution in [0.5, 0.6) is 11.5 Å². The van der Waals surface area contributed by atoms with Crippen molar-refractivity contribution in [2.24, 2.45) is 0 Å². The van der Waals surface area contributed by atoms with E-state index in [1.807, 2.05) is 24.3 Å². The Bertz CT molecular complexity index is 1760. The largest absolute Gasteiger partial charge is 0.493 e. The predicted octanol–water partition coefficient (Wildman–Crippen LogP) is 5.57. The van der Waals surface area contributed by atoms with Crippen LogP contribution in [0.25, 0.3) is 15.9 Å². The van der Waals surface area contributed by atoms with Crippen molar-refractivity contribution in [3.8, 4) is 17.2 Å². The smallest absolute Gasteiger partial charge is 0.416 e. The summed E-state index contributed by atoms with van der Waals surface area (Å²) in [5, 5.41) is 14.3. The van der Waals surface area contributed by atoms with Gasteiger partial charge in [-0.3, -0.25) is 14.2 Å². The molecule has 0 saturated carbocycles. The number of hydrogen-bond donors (Lipinski definition) is 2. The predicted molar refractivity (Wildman–Crippen MR) is 156 cm³/mol. The van der Waals surface area contributed by atoms with Crippen molar-refractivity contribution in [2.45, 2.75) is 17.9 Å². The molecule has 5 aromatic rings. The number of hydrogen-bond acceptors (Lipinski definition) is 9. The van der Waals surface area contributed by atoms with E-state index in [1.54, 1.807) is 12.1 Å². The molecular formula is C28H23F3N6O4S2. The van der Waals surface area contributed by atoms with Crippen molar-refractivity contribution in [3.63, 3.8) is 0 Å². The fourth-order valence-electron chi connectivity index (χ4n) is 4.04. The minimum atomic E-state index is -4.59. The number of carbonyl (C=O) groups excluding carboxylic acids is 2. The minimum Gasteiger partial charge on any atom is -0.493 e. The van der Waals surface area contributed by atoms with Crippen LogP contribution in [0.2, 0.25) is 0 Å². The molecule has 5 rings (SSSR count). The Hall–Kier alpha value is -4.63. The van der Waals surface area contributed by atoms with Crippen LogP contribution in [-0.2, 0) is 17.5 Å². The second-order valence-corrected chi connectivity index (χ2v) is 10.8. The molecule has 0 saturated heterocycles. The van der Waals surface area contributed by atoms with E-state index in [0.717, 1.165) is 34.1 Å². The lowest BCUT2D eigenvalue weighted by atomic mass is 10.2. The average molecular weight is 629 g/mol. The maximum Gasteiger partial charge on any atom is 0.416 e. The summed E-state index contributed by atoms with van der Waals surface area (Å²) in [5.74, 6) is -0.0372. The number of thiazole rings is 1. The molecule has 0 aliphatic rings. The Kier molecular flexibility index (Phi) is 8.82. The number of para-hydroxylation sites is 1. The molecule has 2 heterocycles. The topological polar surface area (TPSA) is 120 Å². The summed E-state index contributed by atoms with van der Waals surface area (Å²) in [6.07, 6.45) is -4.59. The number of anilines is 1. The van der Waals surface area contributed by atoms with Crippen LogP contribution in [0, 0.1) is 0 Å². The number of aromatic nitrogens is 4. The molecule has 0 fully saturated rings. The van der Waals surface area contributed by atoms with Crippen molar-refractivity contribution < 1.29 is 32.2 Å². The molecule has 222 valence electrons. The zero-order valence-electron chi connectivity index (χ0n) is 22.6. The Morgan fingerprint density at radius 1 is 0.977 bits per heavy atom. The van der Waals surface area contributed by atoms with Crippen molar-refractivity contribution >= 4 is 50.3 Å². The number of halogens is 3. The number of nitrogens with zero attached hydrogens (tertiary/aromatic N) is 4. The van der Waals surface area contributed by atoms with E-state index in [1.165, 1.54) is 48.3 Å². The zero-order valence-corrected chi connectivity index (χ0v) is 24.3. The fraction of sp³-hybridized carbons (Fsp3) is 0.179. The van der Waals surface area contributed by atoms with Crippen molar-refractivity contribution in [1.29, 1.82) is 0 Å². The summed E-state index contributed by atoms with van der Waals surface area (Å²) < 4.78 is 53.3. The molecule has 15 heteroatoms. The standard InChI is InChI=1S/C28H23F3N6O4S2/c1-40-20-11-10-16(12-21(20)41-2)25(39)32-14-23-35-36-27(37(23)18-7-5-6-17(13-18)28(29,30)31)42-15-24(38)34-26-33-19-8-3-4-9-22(19)43-26/h3-13H,14-15H2,1-2H3,(H,32,39)(H,33,34,38). The highest BCUT2D eigenvalue weighted by molar-refractivity contribution is 7.99. The number of nitrogens with one attached hydrogen (secondary N) is 2. The Labute approximate surface area is 251 Å². The number of carbonyl (C=O) groups is 2. The first kappa shape index (κ1) is 29.8. The molecule has 0 radical (unpaired) electrons. The summed E-state index contributed by atoms with van der Waals surface area (Å²) in [6, 6.07) is 16.7. The first-order valence-electron chi connectivity index (χ1n) is 12.6. The second kappa shape index (κ2) is 12.7. The highest BCUT2D eigenvalue weighted by atomic mass is 32.2. The van der Waals surface area contributed by atoms with E-state index >= 15 is 0 Å². The van der Waals surface area contributed by atoms with Gasteiger partial charge in [-0.1, -0.05) is 41.3 Å².